The Balaban J connectivity index is 2.57. The number of ether oxygens (including phenoxy) is 1. The van der Waals surface area contributed by atoms with Gasteiger partial charge in [-0.2, -0.15) is 0 Å². The van der Waals surface area contributed by atoms with Gasteiger partial charge in [0.05, 0.1) is 12.6 Å². The highest BCUT2D eigenvalue weighted by Gasteiger charge is 2.42. The van der Waals surface area contributed by atoms with E-state index in [1.807, 2.05) is 0 Å². The summed E-state index contributed by atoms with van der Waals surface area (Å²) in [6.07, 6.45) is -2.36. The molecule has 0 aromatic carbocycles. The Morgan fingerprint density at radius 1 is 1.25 bits per heavy atom. The zero-order chi connectivity index (χ0) is 12.5. The van der Waals surface area contributed by atoms with Gasteiger partial charge < -0.3 is 40.1 Å². The predicted octanol–water partition coefficient (Wildman–Crippen LogP) is -3.05. The molecule has 5 atom stereocenters. The van der Waals surface area contributed by atoms with Crippen molar-refractivity contribution in [2.75, 3.05) is 6.61 Å². The summed E-state index contributed by atoms with van der Waals surface area (Å²) in [5, 5.41) is 28.0. The van der Waals surface area contributed by atoms with E-state index in [4.69, 9.17) is 20.3 Å². The molecule has 1 unspecified atom stereocenters. The zero-order valence-corrected chi connectivity index (χ0v) is 9.27. The molecular weight excluding hydrogens is 241 g/mol. The third-order valence-electron chi connectivity index (χ3n) is 2.22. The van der Waals surface area contributed by atoms with Crippen LogP contribution in [0.2, 0.25) is 0 Å². The third kappa shape index (κ3) is 3.49. The first-order valence-corrected chi connectivity index (χ1v) is 6.31. The van der Waals surface area contributed by atoms with Crippen LogP contribution in [0, 0.1) is 0 Å². The topological polar surface area (TPSA) is 146 Å². The van der Waals surface area contributed by atoms with Crippen LogP contribution >= 0.6 is 7.57 Å². The summed E-state index contributed by atoms with van der Waals surface area (Å²) < 4.78 is 9.34. The first-order chi connectivity index (χ1) is 7.22. The number of nitrogens with two attached hydrogens (primary N) is 1. The molecule has 9 heteroatoms. The molecule has 0 aliphatic carbocycles. The van der Waals surface area contributed by atoms with Gasteiger partial charge in [0, 0.05) is 0 Å². The average molecular weight is 257 g/mol. The Bertz CT molecular complexity index is 282. The second kappa shape index (κ2) is 5.09. The number of rotatable bonds is 3. The first-order valence-electron chi connectivity index (χ1n) is 4.51. The van der Waals surface area contributed by atoms with E-state index < -0.39 is 44.8 Å². The summed E-state index contributed by atoms with van der Waals surface area (Å²) >= 11 is 0. The number of aliphatic hydroxyl groups is 3. The monoisotopic (exact) mass is 257 g/mol. The summed E-state index contributed by atoms with van der Waals surface area (Å²) in [5.74, 6) is 0. The van der Waals surface area contributed by atoms with Crippen molar-refractivity contribution in [3.8, 4) is 0 Å². The molecule has 8 nitrogen and oxygen atoms in total. The molecule has 0 spiro atoms. The normalized spacial score (nSPS) is 41.0. The fourth-order valence-electron chi connectivity index (χ4n) is 1.31. The van der Waals surface area contributed by atoms with Crippen molar-refractivity contribution in [3.63, 3.8) is 0 Å². The first kappa shape index (κ1) is 14.0. The average Bonchev–Trinajstić information content (AvgIpc) is 2.17. The SMILES string of the molecule is C=P(O)(O)OC[C@H]1OC(O)[C@H](O)[C@@H](N)[C@@H]1O. The van der Waals surface area contributed by atoms with Gasteiger partial charge in [-0.1, -0.05) is 0 Å². The van der Waals surface area contributed by atoms with E-state index in [0.717, 1.165) is 0 Å². The lowest BCUT2D eigenvalue weighted by Crippen LogP contribution is -2.62. The standard InChI is InChI=1S/C7H16NO7P/c1-16(12,13)14-2-3-5(9)4(8)6(10)7(11)15-3/h3-7,9-13H,1-2,8H2/t3-,4+,5-,6-,7?/m1/s1. The van der Waals surface area contributed by atoms with E-state index in [0.29, 0.717) is 0 Å². The highest BCUT2D eigenvalue weighted by Crippen LogP contribution is 2.36. The van der Waals surface area contributed by atoms with Crippen molar-refractivity contribution >= 4 is 13.9 Å². The van der Waals surface area contributed by atoms with E-state index in [1.165, 1.54) is 0 Å². The minimum Gasteiger partial charge on any atom is -0.389 e. The van der Waals surface area contributed by atoms with Gasteiger partial charge in [0.25, 0.3) is 0 Å². The zero-order valence-electron chi connectivity index (χ0n) is 8.38. The lowest BCUT2D eigenvalue weighted by molar-refractivity contribution is -0.256. The largest absolute Gasteiger partial charge is 0.389 e. The lowest BCUT2D eigenvalue weighted by atomic mass is 9.97. The van der Waals surface area contributed by atoms with E-state index in [9.17, 15) is 15.3 Å². The van der Waals surface area contributed by atoms with Crippen LogP contribution in [0.3, 0.4) is 0 Å². The Morgan fingerprint density at radius 2 is 1.81 bits per heavy atom. The quantitative estimate of drug-likeness (QED) is 0.292. The molecule has 7 N–H and O–H groups in total. The van der Waals surface area contributed by atoms with E-state index in [-0.39, 0.29) is 0 Å². The molecule has 1 aliphatic heterocycles. The van der Waals surface area contributed by atoms with Crippen molar-refractivity contribution in [2.45, 2.75) is 30.6 Å². The molecule has 1 fully saturated rings. The summed E-state index contributed by atoms with van der Waals surface area (Å²) in [6.45, 7) is -0.400. The Kier molecular flexibility index (Phi) is 4.47. The van der Waals surface area contributed by atoms with Gasteiger partial charge in [0.15, 0.2) is 6.29 Å². The summed E-state index contributed by atoms with van der Waals surface area (Å²) in [5.41, 5.74) is 5.41. The van der Waals surface area contributed by atoms with E-state index in [2.05, 4.69) is 10.8 Å². The van der Waals surface area contributed by atoms with Crippen LogP contribution in [-0.2, 0) is 9.26 Å². The second-order valence-corrected chi connectivity index (χ2v) is 5.17. The van der Waals surface area contributed by atoms with E-state index in [1.54, 1.807) is 0 Å². The van der Waals surface area contributed by atoms with Crippen molar-refractivity contribution in [2.24, 2.45) is 5.73 Å². The molecule has 0 radical (unpaired) electrons. The van der Waals surface area contributed by atoms with Crippen molar-refractivity contribution < 1.29 is 34.4 Å². The van der Waals surface area contributed by atoms with Crippen LogP contribution in [0.5, 0.6) is 0 Å². The van der Waals surface area contributed by atoms with Crippen LogP contribution in [-0.4, -0.2) is 68.7 Å². The fourth-order valence-corrected chi connectivity index (χ4v) is 1.70. The van der Waals surface area contributed by atoms with Crippen LogP contribution in [0.1, 0.15) is 0 Å². The molecule has 0 amide bonds. The predicted molar refractivity (Wildman–Crippen MR) is 55.3 cm³/mol. The second-order valence-electron chi connectivity index (χ2n) is 3.58. The van der Waals surface area contributed by atoms with Crippen LogP contribution < -0.4 is 5.73 Å². The lowest BCUT2D eigenvalue weighted by Gasteiger charge is -2.39. The third-order valence-corrected chi connectivity index (χ3v) is 2.78. The molecule has 0 saturated carbocycles. The van der Waals surface area contributed by atoms with Crippen molar-refractivity contribution in [3.05, 3.63) is 0 Å². The maximum atomic E-state index is 9.55. The molecular formula is C7H16NO7P. The molecule has 1 heterocycles. The maximum absolute atomic E-state index is 9.55. The Hall–Kier alpha value is -0.0200. The summed E-state index contributed by atoms with van der Waals surface area (Å²) in [4.78, 5) is 17.7. The molecule has 96 valence electrons. The van der Waals surface area contributed by atoms with Crippen molar-refractivity contribution in [1.29, 1.82) is 0 Å². The Morgan fingerprint density at radius 3 is 2.31 bits per heavy atom. The molecule has 16 heavy (non-hydrogen) atoms. The molecule has 0 bridgehead atoms. The highest BCUT2D eigenvalue weighted by atomic mass is 31.2. The van der Waals surface area contributed by atoms with Crippen LogP contribution in [0.4, 0.5) is 0 Å². The number of hydrogen-bond donors (Lipinski definition) is 6. The number of hydrogen-bond acceptors (Lipinski definition) is 8. The highest BCUT2D eigenvalue weighted by molar-refractivity contribution is 7.57. The molecule has 1 rings (SSSR count). The maximum Gasteiger partial charge on any atom is 0.245 e. The minimum atomic E-state index is -3.69. The molecule has 1 aliphatic rings. The van der Waals surface area contributed by atoms with Crippen molar-refractivity contribution in [1.82, 2.24) is 0 Å². The smallest absolute Gasteiger partial charge is 0.245 e. The Labute approximate surface area is 92.1 Å². The number of aliphatic hydroxyl groups excluding tert-OH is 3. The van der Waals surface area contributed by atoms with Gasteiger partial charge >= 0.3 is 0 Å². The summed E-state index contributed by atoms with van der Waals surface area (Å²) in [7, 11) is -3.69. The van der Waals surface area contributed by atoms with Gasteiger partial charge in [-0.3, -0.25) is 0 Å². The van der Waals surface area contributed by atoms with Gasteiger partial charge in [-0.15, -0.1) is 0 Å². The molecule has 0 aromatic rings. The molecule has 1 saturated heterocycles. The van der Waals surface area contributed by atoms with Crippen LogP contribution in [0.15, 0.2) is 0 Å². The fraction of sp³-hybridized carbons (Fsp3) is 0.857. The van der Waals surface area contributed by atoms with Gasteiger partial charge in [-0.05, 0) is 6.30 Å². The van der Waals surface area contributed by atoms with E-state index >= 15 is 0 Å². The van der Waals surface area contributed by atoms with Gasteiger partial charge in [0.1, 0.15) is 18.3 Å². The molecule has 0 aromatic heterocycles. The van der Waals surface area contributed by atoms with Gasteiger partial charge in [0.2, 0.25) is 7.57 Å². The van der Waals surface area contributed by atoms with Crippen LogP contribution in [0.25, 0.3) is 0 Å². The summed E-state index contributed by atoms with van der Waals surface area (Å²) in [6, 6.07) is -1.10. The van der Waals surface area contributed by atoms with Gasteiger partial charge in [-0.25, -0.2) is 0 Å². The minimum absolute atomic E-state index is 0.400.